The highest BCUT2D eigenvalue weighted by Crippen LogP contribution is 2.35. The van der Waals surface area contributed by atoms with Crippen molar-refractivity contribution in [2.45, 2.75) is 44.4 Å². The highest BCUT2D eigenvalue weighted by molar-refractivity contribution is 14.1. The van der Waals surface area contributed by atoms with Crippen LogP contribution in [0.1, 0.15) is 37.7 Å². The molecular formula is C23H22F3IN4O. The number of benzene rings is 2. The summed E-state index contributed by atoms with van der Waals surface area (Å²) >= 11 is 2.17. The van der Waals surface area contributed by atoms with E-state index in [9.17, 15) is 13.2 Å². The van der Waals surface area contributed by atoms with E-state index in [0.29, 0.717) is 17.1 Å². The van der Waals surface area contributed by atoms with Gasteiger partial charge in [-0.1, -0.05) is 6.42 Å². The minimum Gasteiger partial charge on any atom is -0.490 e. The second-order valence-corrected chi connectivity index (χ2v) is 8.86. The molecule has 0 bridgehead atoms. The van der Waals surface area contributed by atoms with E-state index in [4.69, 9.17) is 4.74 Å². The van der Waals surface area contributed by atoms with Crippen LogP contribution in [0.5, 0.6) is 5.75 Å². The van der Waals surface area contributed by atoms with Gasteiger partial charge in [0, 0.05) is 21.1 Å². The average Bonchev–Trinajstić information content (AvgIpc) is 2.77. The summed E-state index contributed by atoms with van der Waals surface area (Å²) < 4.78 is 47.6. The summed E-state index contributed by atoms with van der Waals surface area (Å²) in [5.74, 6) is 0.461. The molecule has 1 saturated carbocycles. The maximum absolute atomic E-state index is 13.5. The minimum atomic E-state index is -4.59. The lowest BCUT2D eigenvalue weighted by Crippen LogP contribution is -2.19. The maximum atomic E-state index is 13.5. The predicted octanol–water partition coefficient (Wildman–Crippen LogP) is 7.30. The van der Waals surface area contributed by atoms with E-state index in [1.807, 2.05) is 12.1 Å². The molecule has 2 aromatic carbocycles. The monoisotopic (exact) mass is 554 g/mol. The SMILES string of the molecule is FC(F)(F)c1cnc(Nc2ccc(I)cc2)nc1Nc1ccc(OC2CCCCC2)cc1. The Kier molecular flexibility index (Phi) is 7.02. The van der Waals surface area contributed by atoms with Gasteiger partial charge in [0.2, 0.25) is 5.95 Å². The van der Waals surface area contributed by atoms with E-state index < -0.39 is 11.7 Å². The number of aromatic nitrogens is 2. The zero-order chi connectivity index (χ0) is 22.6. The molecule has 0 aliphatic heterocycles. The van der Waals surface area contributed by atoms with Crippen molar-refractivity contribution in [3.05, 3.63) is 63.9 Å². The number of hydrogen-bond acceptors (Lipinski definition) is 5. The Balaban J connectivity index is 1.52. The molecule has 1 aromatic heterocycles. The molecule has 32 heavy (non-hydrogen) atoms. The van der Waals surface area contributed by atoms with Gasteiger partial charge in [-0.05, 0) is 96.8 Å². The van der Waals surface area contributed by atoms with Gasteiger partial charge in [-0.3, -0.25) is 0 Å². The van der Waals surface area contributed by atoms with Crippen LogP contribution in [0.15, 0.2) is 54.7 Å². The van der Waals surface area contributed by atoms with E-state index in [1.165, 1.54) is 6.42 Å². The second-order valence-electron chi connectivity index (χ2n) is 7.61. The number of hydrogen-bond donors (Lipinski definition) is 2. The van der Waals surface area contributed by atoms with Crippen LogP contribution in [-0.2, 0) is 6.18 Å². The Labute approximate surface area is 198 Å². The number of rotatable bonds is 6. The molecule has 1 fully saturated rings. The first-order chi connectivity index (χ1) is 15.4. The van der Waals surface area contributed by atoms with Gasteiger partial charge in [0.25, 0.3) is 0 Å². The van der Waals surface area contributed by atoms with Crippen molar-refractivity contribution in [3.8, 4) is 5.75 Å². The highest BCUT2D eigenvalue weighted by Gasteiger charge is 2.35. The van der Waals surface area contributed by atoms with Gasteiger partial charge in [0.1, 0.15) is 17.1 Å². The largest absolute Gasteiger partial charge is 0.490 e. The normalized spacial score (nSPS) is 14.8. The number of halogens is 4. The molecular weight excluding hydrogens is 532 g/mol. The van der Waals surface area contributed by atoms with Crippen molar-refractivity contribution in [1.82, 2.24) is 9.97 Å². The smallest absolute Gasteiger partial charge is 0.421 e. The zero-order valence-electron chi connectivity index (χ0n) is 17.1. The summed E-state index contributed by atoms with van der Waals surface area (Å²) in [7, 11) is 0. The first kappa shape index (κ1) is 22.6. The third kappa shape index (κ3) is 6.02. The first-order valence-corrected chi connectivity index (χ1v) is 11.5. The molecule has 2 N–H and O–H groups in total. The number of nitrogens with zero attached hydrogens (tertiary/aromatic N) is 2. The number of nitrogens with one attached hydrogen (secondary N) is 2. The van der Waals surface area contributed by atoms with Crippen LogP contribution in [-0.4, -0.2) is 16.1 Å². The summed E-state index contributed by atoms with van der Waals surface area (Å²) in [5, 5.41) is 5.71. The molecule has 1 aliphatic carbocycles. The molecule has 0 unspecified atom stereocenters. The van der Waals surface area contributed by atoms with Gasteiger partial charge in [0.05, 0.1) is 6.10 Å². The third-order valence-electron chi connectivity index (χ3n) is 5.17. The molecule has 3 aromatic rings. The molecule has 4 rings (SSSR count). The zero-order valence-corrected chi connectivity index (χ0v) is 19.3. The molecule has 1 heterocycles. The topological polar surface area (TPSA) is 59.1 Å². The van der Waals surface area contributed by atoms with Crippen LogP contribution in [0.25, 0.3) is 0 Å². The van der Waals surface area contributed by atoms with Crippen molar-refractivity contribution >= 4 is 45.7 Å². The maximum Gasteiger partial charge on any atom is 0.421 e. The molecule has 0 atom stereocenters. The number of alkyl halides is 3. The fourth-order valence-corrected chi connectivity index (χ4v) is 3.90. The Morgan fingerprint density at radius 2 is 1.50 bits per heavy atom. The van der Waals surface area contributed by atoms with Crippen molar-refractivity contribution in [1.29, 1.82) is 0 Å². The van der Waals surface area contributed by atoms with Gasteiger partial charge in [-0.25, -0.2) is 4.98 Å². The van der Waals surface area contributed by atoms with E-state index >= 15 is 0 Å². The van der Waals surface area contributed by atoms with E-state index in [1.54, 1.807) is 36.4 Å². The lowest BCUT2D eigenvalue weighted by molar-refractivity contribution is -0.137. The van der Waals surface area contributed by atoms with Crippen LogP contribution < -0.4 is 15.4 Å². The standard InChI is InChI=1S/C23H22F3IN4O/c24-23(25,26)20-14-28-22(30-17-8-6-15(27)7-9-17)31-21(20)29-16-10-12-19(13-11-16)32-18-4-2-1-3-5-18/h6-14,18H,1-5H2,(H2,28,29,30,31). The van der Waals surface area contributed by atoms with Crippen LogP contribution >= 0.6 is 22.6 Å². The summed E-state index contributed by atoms with van der Waals surface area (Å²) in [6.45, 7) is 0. The summed E-state index contributed by atoms with van der Waals surface area (Å²) in [6, 6.07) is 14.3. The number of anilines is 4. The fourth-order valence-electron chi connectivity index (χ4n) is 3.54. The summed E-state index contributed by atoms with van der Waals surface area (Å²) in [6.07, 6.45) is 2.03. The van der Waals surface area contributed by atoms with E-state index in [0.717, 1.165) is 35.5 Å². The first-order valence-electron chi connectivity index (χ1n) is 10.4. The van der Waals surface area contributed by atoms with Gasteiger partial charge in [-0.15, -0.1) is 0 Å². The van der Waals surface area contributed by atoms with Crippen molar-refractivity contribution in [3.63, 3.8) is 0 Å². The molecule has 1 aliphatic rings. The molecule has 9 heteroatoms. The van der Waals surface area contributed by atoms with E-state index in [-0.39, 0.29) is 17.9 Å². The van der Waals surface area contributed by atoms with Crippen LogP contribution in [0.2, 0.25) is 0 Å². The Bertz CT molecular complexity index is 1040. The predicted molar refractivity (Wildman–Crippen MR) is 127 cm³/mol. The highest BCUT2D eigenvalue weighted by atomic mass is 127. The average molecular weight is 554 g/mol. The van der Waals surface area contributed by atoms with Crippen LogP contribution in [0, 0.1) is 3.57 Å². The lowest BCUT2D eigenvalue weighted by Gasteiger charge is -2.23. The van der Waals surface area contributed by atoms with Crippen molar-refractivity contribution in [2.75, 3.05) is 10.6 Å². The third-order valence-corrected chi connectivity index (χ3v) is 5.89. The Morgan fingerprint density at radius 3 is 2.16 bits per heavy atom. The molecule has 0 spiro atoms. The molecule has 168 valence electrons. The van der Waals surface area contributed by atoms with Crippen LogP contribution in [0.4, 0.5) is 36.3 Å². The summed E-state index contributed by atoms with van der Waals surface area (Å²) in [5.41, 5.74) is 0.221. The molecule has 0 amide bonds. The summed E-state index contributed by atoms with van der Waals surface area (Å²) in [4.78, 5) is 7.92. The van der Waals surface area contributed by atoms with Gasteiger partial charge in [-0.2, -0.15) is 18.2 Å². The Morgan fingerprint density at radius 1 is 0.875 bits per heavy atom. The number of ether oxygens (including phenoxy) is 1. The van der Waals surface area contributed by atoms with E-state index in [2.05, 4.69) is 43.2 Å². The fraction of sp³-hybridized carbons (Fsp3) is 0.304. The van der Waals surface area contributed by atoms with Crippen molar-refractivity contribution in [2.24, 2.45) is 0 Å². The van der Waals surface area contributed by atoms with Crippen molar-refractivity contribution < 1.29 is 17.9 Å². The molecule has 5 nitrogen and oxygen atoms in total. The van der Waals surface area contributed by atoms with Gasteiger partial charge < -0.3 is 15.4 Å². The molecule has 0 saturated heterocycles. The lowest BCUT2D eigenvalue weighted by atomic mass is 9.98. The quantitative estimate of drug-likeness (QED) is 0.314. The minimum absolute atomic E-state index is 0.0685. The van der Waals surface area contributed by atoms with Gasteiger partial charge in [0.15, 0.2) is 0 Å². The second kappa shape index (κ2) is 9.93. The molecule has 0 radical (unpaired) electrons. The van der Waals surface area contributed by atoms with Gasteiger partial charge >= 0.3 is 6.18 Å². The van der Waals surface area contributed by atoms with Crippen LogP contribution in [0.3, 0.4) is 0 Å². The Hall–Kier alpha value is -2.56.